The number of carboxylic acids is 1. The molecule has 3 aromatic rings. The molecular formula is C34H47N9O6S. The second-order valence-corrected chi connectivity index (χ2v) is 13.8. The molecule has 50 heavy (non-hydrogen) atoms. The van der Waals surface area contributed by atoms with Crippen molar-refractivity contribution in [2.75, 3.05) is 6.54 Å². The van der Waals surface area contributed by atoms with Gasteiger partial charge < -0.3 is 48.1 Å². The van der Waals surface area contributed by atoms with E-state index in [-0.39, 0.29) is 38.2 Å². The summed E-state index contributed by atoms with van der Waals surface area (Å²) >= 11 is 4.36. The minimum atomic E-state index is -1.40. The highest BCUT2D eigenvalue weighted by Crippen LogP contribution is 2.21. The van der Waals surface area contributed by atoms with Crippen molar-refractivity contribution in [2.45, 2.75) is 81.4 Å². The number of fused-ring (bicyclic) bond motifs is 1. The van der Waals surface area contributed by atoms with E-state index >= 15 is 0 Å². The van der Waals surface area contributed by atoms with Crippen molar-refractivity contribution in [3.05, 3.63) is 71.9 Å². The van der Waals surface area contributed by atoms with E-state index in [4.69, 9.17) is 16.9 Å². The number of guanidine groups is 1. The number of nitrogens with two attached hydrogens (primary N) is 2. The predicted octanol–water partition coefficient (Wildman–Crippen LogP) is 0.296. The van der Waals surface area contributed by atoms with Crippen LogP contribution in [0.3, 0.4) is 0 Å². The zero-order valence-corrected chi connectivity index (χ0v) is 29.2. The van der Waals surface area contributed by atoms with Gasteiger partial charge in [-0.05, 0) is 50.8 Å². The molecule has 16 heteroatoms. The lowest BCUT2D eigenvalue weighted by molar-refractivity contribution is -0.143. The molecule has 1 aromatic heterocycles. The summed E-state index contributed by atoms with van der Waals surface area (Å²) in [6.45, 7) is 4.77. The average Bonchev–Trinajstić information content (AvgIpc) is 3.46. The Morgan fingerprint density at radius 3 is 2.04 bits per heavy atom. The molecule has 270 valence electrons. The Morgan fingerprint density at radius 2 is 1.42 bits per heavy atom. The first-order chi connectivity index (χ1) is 23.6. The highest BCUT2D eigenvalue weighted by molar-refractivity contribution is 7.81. The van der Waals surface area contributed by atoms with Crippen molar-refractivity contribution in [1.29, 1.82) is 5.41 Å². The molecule has 0 fully saturated rings. The van der Waals surface area contributed by atoms with Crippen LogP contribution in [0.15, 0.2) is 60.8 Å². The number of carboxylic acid groups (broad SMARTS) is 1. The maximum atomic E-state index is 14.0. The Labute approximate surface area is 296 Å². The molecule has 2 aromatic carbocycles. The van der Waals surface area contributed by atoms with Crippen molar-refractivity contribution in [2.24, 2.45) is 11.5 Å². The standard InChI is InChI=1S/C34H47N9O6S/c1-19(35)28(44)41-25(16-20-10-5-4-6-11-20)30(46)40-24(14-9-15-38-33(36)37)29(45)42-26(31(47)43-27(32(48)49)34(2,3)50)17-21-18-39-23-13-8-7-12-22(21)23/h4-8,10-13,18-19,24-27,39,50H,9,14-17,35H2,1-3H3,(H,40,46)(H,41,44)(H,42,45)(H,43,47)(H,48,49)(H4,36,37,38)/t19-,24-,25+,26-,27+/m0/s1. The number of carbonyl (C=O) groups excluding carboxylic acids is 4. The number of H-pyrrole nitrogens is 1. The first kappa shape index (κ1) is 39.3. The molecule has 0 aliphatic carbocycles. The van der Waals surface area contributed by atoms with Crippen molar-refractivity contribution in [3.8, 4) is 0 Å². The van der Waals surface area contributed by atoms with E-state index in [0.717, 1.165) is 16.5 Å². The third-order valence-electron chi connectivity index (χ3n) is 7.92. The van der Waals surface area contributed by atoms with E-state index in [2.05, 4.69) is 44.2 Å². The predicted molar refractivity (Wildman–Crippen MR) is 193 cm³/mol. The van der Waals surface area contributed by atoms with Crippen LogP contribution in [0.2, 0.25) is 0 Å². The van der Waals surface area contributed by atoms with Gasteiger partial charge in [-0.25, -0.2) is 4.79 Å². The number of carbonyl (C=O) groups is 5. The zero-order valence-electron chi connectivity index (χ0n) is 28.3. The number of aliphatic carboxylic acids is 1. The van der Waals surface area contributed by atoms with Gasteiger partial charge in [0, 0.05) is 41.2 Å². The molecule has 15 nitrogen and oxygen atoms in total. The van der Waals surface area contributed by atoms with Crippen molar-refractivity contribution < 1.29 is 29.1 Å². The third-order valence-corrected chi connectivity index (χ3v) is 8.18. The van der Waals surface area contributed by atoms with Crippen molar-refractivity contribution >= 4 is 59.1 Å². The Bertz CT molecular complexity index is 1660. The second kappa shape index (κ2) is 18.1. The van der Waals surface area contributed by atoms with Gasteiger partial charge in [-0.3, -0.25) is 24.6 Å². The number of amides is 4. The van der Waals surface area contributed by atoms with E-state index in [1.54, 1.807) is 44.3 Å². The average molecular weight is 710 g/mol. The summed E-state index contributed by atoms with van der Waals surface area (Å²) in [5, 5.41) is 31.3. The number of benzene rings is 2. The van der Waals surface area contributed by atoms with Crippen LogP contribution in [0.4, 0.5) is 0 Å². The molecule has 0 saturated carbocycles. The number of hydrogen-bond donors (Lipinski definition) is 11. The fourth-order valence-corrected chi connectivity index (χ4v) is 5.39. The maximum Gasteiger partial charge on any atom is 0.327 e. The fourth-order valence-electron chi connectivity index (χ4n) is 5.22. The van der Waals surface area contributed by atoms with Crippen molar-refractivity contribution in [1.82, 2.24) is 31.6 Å². The summed E-state index contributed by atoms with van der Waals surface area (Å²) in [6, 6.07) is 10.5. The highest BCUT2D eigenvalue weighted by atomic mass is 32.1. The van der Waals surface area contributed by atoms with Gasteiger partial charge >= 0.3 is 5.97 Å². The summed E-state index contributed by atoms with van der Waals surface area (Å²) in [5.41, 5.74) is 13.4. The minimum absolute atomic E-state index is 0.0193. The number of hydrogen-bond acceptors (Lipinski definition) is 8. The summed E-state index contributed by atoms with van der Waals surface area (Å²) in [6.07, 6.45) is 2.12. The van der Waals surface area contributed by atoms with Gasteiger partial charge in [-0.15, -0.1) is 0 Å². The van der Waals surface area contributed by atoms with Gasteiger partial charge in [-0.2, -0.15) is 12.6 Å². The summed E-state index contributed by atoms with van der Waals surface area (Å²) in [5.74, 6) is -4.31. The summed E-state index contributed by atoms with van der Waals surface area (Å²) in [4.78, 5) is 69.3. The van der Waals surface area contributed by atoms with Crippen LogP contribution >= 0.6 is 12.6 Å². The molecule has 5 atom stereocenters. The Balaban J connectivity index is 1.93. The SMILES string of the molecule is C[C@H](N)C(=O)N[C@H](Cc1ccccc1)C(=O)N[C@@H](CCCNC(=N)N)C(=O)N[C@@H](Cc1c[nH]c2ccccc12)C(=O)N[C@H](C(=O)O)C(C)(C)S. The Kier molecular flexibility index (Phi) is 14.2. The number of nitrogens with one attached hydrogen (secondary N) is 7. The smallest absolute Gasteiger partial charge is 0.327 e. The van der Waals surface area contributed by atoms with Gasteiger partial charge in [0.1, 0.15) is 24.2 Å². The number of para-hydroxylation sites is 1. The normalized spacial score (nSPS) is 14.3. The molecule has 3 rings (SSSR count). The van der Waals surface area contributed by atoms with Gasteiger partial charge in [0.05, 0.1) is 6.04 Å². The lowest BCUT2D eigenvalue weighted by atomic mass is 10.00. The molecule has 0 spiro atoms. The molecule has 0 unspecified atom stereocenters. The highest BCUT2D eigenvalue weighted by Gasteiger charge is 2.37. The Morgan fingerprint density at radius 1 is 0.860 bits per heavy atom. The first-order valence-corrected chi connectivity index (χ1v) is 16.6. The quantitative estimate of drug-likeness (QED) is 0.0375. The van der Waals surface area contributed by atoms with Crippen LogP contribution in [0.5, 0.6) is 0 Å². The van der Waals surface area contributed by atoms with Crippen LogP contribution in [-0.4, -0.2) is 87.1 Å². The van der Waals surface area contributed by atoms with Crippen LogP contribution in [-0.2, 0) is 36.8 Å². The molecule has 0 bridgehead atoms. The molecule has 1 heterocycles. The van der Waals surface area contributed by atoms with Crippen LogP contribution in [0, 0.1) is 5.41 Å². The van der Waals surface area contributed by atoms with Gasteiger partial charge in [0.2, 0.25) is 23.6 Å². The lowest BCUT2D eigenvalue weighted by Crippen LogP contribution is -2.60. The second-order valence-electron chi connectivity index (χ2n) is 12.6. The van der Waals surface area contributed by atoms with Crippen LogP contribution in [0.1, 0.15) is 44.7 Å². The number of rotatable bonds is 18. The van der Waals surface area contributed by atoms with E-state index in [1.807, 2.05) is 30.3 Å². The maximum absolute atomic E-state index is 14.0. The number of aromatic nitrogens is 1. The van der Waals surface area contributed by atoms with E-state index in [9.17, 15) is 29.1 Å². The first-order valence-electron chi connectivity index (χ1n) is 16.2. The monoisotopic (exact) mass is 709 g/mol. The molecule has 0 saturated heterocycles. The molecule has 0 aliphatic rings. The minimum Gasteiger partial charge on any atom is -0.480 e. The molecule has 0 radical (unpaired) electrons. The zero-order chi connectivity index (χ0) is 37.0. The van der Waals surface area contributed by atoms with Gasteiger partial charge in [0.15, 0.2) is 5.96 Å². The van der Waals surface area contributed by atoms with Crippen LogP contribution in [0.25, 0.3) is 10.9 Å². The van der Waals surface area contributed by atoms with Crippen molar-refractivity contribution in [3.63, 3.8) is 0 Å². The number of thiol groups is 1. The number of aromatic amines is 1. The largest absolute Gasteiger partial charge is 0.480 e. The molecule has 4 amide bonds. The van der Waals surface area contributed by atoms with Crippen LogP contribution < -0.4 is 38.1 Å². The van der Waals surface area contributed by atoms with E-state index < -0.39 is 64.6 Å². The van der Waals surface area contributed by atoms with Gasteiger partial charge in [0.25, 0.3) is 0 Å². The summed E-state index contributed by atoms with van der Waals surface area (Å²) in [7, 11) is 0. The fraction of sp³-hybridized carbons (Fsp3) is 0.412. The Hall–Kier alpha value is -5.09. The van der Waals surface area contributed by atoms with E-state index in [1.165, 1.54) is 6.92 Å². The third kappa shape index (κ3) is 11.8. The van der Waals surface area contributed by atoms with E-state index in [0.29, 0.717) is 5.56 Å². The molecule has 12 N–H and O–H groups in total. The summed E-state index contributed by atoms with van der Waals surface area (Å²) < 4.78 is -1.16. The topological polar surface area (TPSA) is 257 Å². The van der Waals surface area contributed by atoms with Gasteiger partial charge in [-0.1, -0.05) is 48.5 Å². The molecular weight excluding hydrogens is 662 g/mol. The molecule has 0 aliphatic heterocycles. The lowest BCUT2D eigenvalue weighted by Gasteiger charge is -2.30.